The van der Waals surface area contributed by atoms with Gasteiger partial charge in [-0.25, -0.2) is 22.7 Å². The molecule has 0 N–H and O–H groups in total. The van der Waals surface area contributed by atoms with Gasteiger partial charge in [0, 0.05) is 49.2 Å². The van der Waals surface area contributed by atoms with Crippen molar-refractivity contribution in [3.63, 3.8) is 0 Å². The molecule has 2 aliphatic heterocycles. The molecular weight excluding hydrogens is 352 g/mol. The van der Waals surface area contributed by atoms with Gasteiger partial charge in [-0.2, -0.15) is 0 Å². The molecule has 0 spiro atoms. The highest BCUT2D eigenvalue weighted by atomic mass is 32.2. The van der Waals surface area contributed by atoms with Gasteiger partial charge in [0.15, 0.2) is 0 Å². The van der Waals surface area contributed by atoms with Crippen LogP contribution < -0.4 is 5.56 Å². The number of nitrogens with zero attached hydrogens (tertiary/aromatic N) is 4. The van der Waals surface area contributed by atoms with Crippen molar-refractivity contribution in [1.82, 2.24) is 18.8 Å². The van der Waals surface area contributed by atoms with Crippen molar-refractivity contribution in [2.45, 2.75) is 32.2 Å². The molecule has 1 saturated heterocycles. The number of rotatable bonds is 4. The van der Waals surface area contributed by atoms with Crippen molar-refractivity contribution in [3.8, 4) is 11.1 Å². The third-order valence-corrected chi connectivity index (χ3v) is 7.31. The summed E-state index contributed by atoms with van der Waals surface area (Å²) >= 11 is 0. The minimum Gasteiger partial charge on any atom is -0.311 e. The summed E-state index contributed by atoms with van der Waals surface area (Å²) in [7, 11) is -3.21. The lowest BCUT2D eigenvalue weighted by Gasteiger charge is -2.42. The van der Waals surface area contributed by atoms with E-state index in [1.54, 1.807) is 16.7 Å². The van der Waals surface area contributed by atoms with E-state index < -0.39 is 10.0 Å². The number of hydrogen-bond acceptors (Lipinski definition) is 5. The average molecular weight is 374 g/mol. The summed E-state index contributed by atoms with van der Waals surface area (Å²) in [6.07, 6.45) is 6.27. The van der Waals surface area contributed by atoms with Crippen LogP contribution in [-0.4, -0.2) is 46.1 Å². The van der Waals surface area contributed by atoms with Gasteiger partial charge in [-0.15, -0.1) is 0 Å². The van der Waals surface area contributed by atoms with Crippen molar-refractivity contribution < 1.29 is 8.42 Å². The summed E-state index contributed by atoms with van der Waals surface area (Å²) in [5.74, 6) is 0.433. The van der Waals surface area contributed by atoms with Gasteiger partial charge < -0.3 is 4.57 Å². The lowest BCUT2D eigenvalue weighted by atomic mass is 9.84. The fourth-order valence-corrected chi connectivity index (χ4v) is 5.79. The molecule has 0 amide bonds. The molecule has 2 bridgehead atoms. The third kappa shape index (κ3) is 2.97. The first-order chi connectivity index (χ1) is 12.5. The van der Waals surface area contributed by atoms with Crippen molar-refractivity contribution in [2.75, 3.05) is 18.8 Å². The molecular formula is C18H22N4O3S. The van der Waals surface area contributed by atoms with Crippen LogP contribution in [0.15, 0.2) is 35.6 Å². The molecule has 0 radical (unpaired) electrons. The van der Waals surface area contributed by atoms with Gasteiger partial charge in [0.25, 0.3) is 5.56 Å². The Morgan fingerprint density at radius 1 is 1.15 bits per heavy atom. The highest BCUT2D eigenvalue weighted by molar-refractivity contribution is 7.89. The molecule has 0 unspecified atom stereocenters. The quantitative estimate of drug-likeness (QED) is 0.809. The second kappa shape index (κ2) is 6.59. The topological polar surface area (TPSA) is 85.2 Å². The van der Waals surface area contributed by atoms with Gasteiger partial charge in [0.2, 0.25) is 10.0 Å². The summed E-state index contributed by atoms with van der Waals surface area (Å²) < 4.78 is 28.4. The van der Waals surface area contributed by atoms with Crippen LogP contribution in [-0.2, 0) is 16.6 Å². The van der Waals surface area contributed by atoms with Gasteiger partial charge in [0.05, 0.1) is 11.3 Å². The van der Waals surface area contributed by atoms with Crippen LogP contribution in [0.2, 0.25) is 0 Å². The monoisotopic (exact) mass is 374 g/mol. The van der Waals surface area contributed by atoms with Gasteiger partial charge in [-0.05, 0) is 30.9 Å². The maximum absolute atomic E-state index is 13.0. The molecule has 2 aromatic rings. The van der Waals surface area contributed by atoms with Gasteiger partial charge in [-0.3, -0.25) is 4.79 Å². The molecule has 0 saturated carbocycles. The van der Waals surface area contributed by atoms with E-state index in [1.165, 1.54) is 6.33 Å². The van der Waals surface area contributed by atoms with Crippen LogP contribution in [0.4, 0.5) is 0 Å². The zero-order valence-electron chi connectivity index (χ0n) is 14.7. The van der Waals surface area contributed by atoms with Crippen LogP contribution in [0, 0.1) is 5.92 Å². The molecule has 8 heteroatoms. The molecule has 26 heavy (non-hydrogen) atoms. The second-order valence-corrected chi connectivity index (χ2v) is 9.23. The molecule has 2 aromatic heterocycles. The van der Waals surface area contributed by atoms with Crippen LogP contribution in [0.3, 0.4) is 0 Å². The number of pyridine rings is 1. The Bertz CT molecular complexity index is 972. The highest BCUT2D eigenvalue weighted by Gasteiger charge is 2.38. The fraction of sp³-hybridized carbons (Fsp3) is 0.500. The highest BCUT2D eigenvalue weighted by Crippen LogP contribution is 2.36. The third-order valence-electron chi connectivity index (χ3n) is 5.30. The van der Waals surface area contributed by atoms with E-state index in [2.05, 4.69) is 9.97 Å². The van der Waals surface area contributed by atoms with Crippen molar-refractivity contribution >= 4 is 10.0 Å². The van der Waals surface area contributed by atoms with Gasteiger partial charge >= 0.3 is 0 Å². The van der Waals surface area contributed by atoms with E-state index in [0.717, 1.165) is 12.1 Å². The molecule has 2 atom stereocenters. The zero-order valence-corrected chi connectivity index (χ0v) is 15.5. The Morgan fingerprint density at radius 3 is 2.65 bits per heavy atom. The van der Waals surface area contributed by atoms with E-state index >= 15 is 0 Å². The van der Waals surface area contributed by atoms with Crippen LogP contribution >= 0.6 is 0 Å². The SMILES string of the molecule is CCCS(=O)(=O)N1C[C@@H]2C[C@H](C1)c1ccc(-c3cncnc3)c(=O)n1C2. The lowest BCUT2D eigenvalue weighted by molar-refractivity contribution is 0.186. The van der Waals surface area contributed by atoms with E-state index in [9.17, 15) is 13.2 Å². The number of fused-ring (bicyclic) bond motifs is 4. The Morgan fingerprint density at radius 2 is 1.92 bits per heavy atom. The first-order valence-corrected chi connectivity index (χ1v) is 10.6. The van der Waals surface area contributed by atoms with Crippen LogP contribution in [0.25, 0.3) is 11.1 Å². The maximum atomic E-state index is 13.0. The fourth-order valence-electron chi connectivity index (χ4n) is 4.17. The van der Waals surface area contributed by atoms with Crippen LogP contribution in [0.5, 0.6) is 0 Å². The van der Waals surface area contributed by atoms with Gasteiger partial charge in [-0.1, -0.05) is 6.92 Å². The average Bonchev–Trinajstić information content (AvgIpc) is 2.63. The van der Waals surface area contributed by atoms with E-state index in [1.807, 2.05) is 23.6 Å². The summed E-state index contributed by atoms with van der Waals surface area (Å²) in [4.78, 5) is 21.0. The molecule has 138 valence electrons. The molecule has 0 aromatic carbocycles. The zero-order chi connectivity index (χ0) is 18.3. The number of aromatic nitrogens is 3. The van der Waals surface area contributed by atoms with Crippen molar-refractivity contribution in [2.24, 2.45) is 5.92 Å². The number of piperidine rings is 1. The van der Waals surface area contributed by atoms with Gasteiger partial charge in [0.1, 0.15) is 6.33 Å². The number of hydrogen-bond donors (Lipinski definition) is 0. The Hall–Kier alpha value is -2.06. The Labute approximate surface area is 152 Å². The van der Waals surface area contributed by atoms with Crippen LogP contribution in [0.1, 0.15) is 31.4 Å². The summed E-state index contributed by atoms with van der Waals surface area (Å²) in [5.41, 5.74) is 2.18. The minimum absolute atomic E-state index is 0.0446. The summed E-state index contributed by atoms with van der Waals surface area (Å²) in [6, 6.07) is 3.77. The molecule has 7 nitrogen and oxygen atoms in total. The summed E-state index contributed by atoms with van der Waals surface area (Å²) in [6.45, 7) is 3.41. The Kier molecular flexibility index (Phi) is 4.40. The standard InChI is InChI=1S/C18H22N4O3S/c1-2-5-26(24,25)21-9-13-6-14(11-21)17-4-3-16(18(23)22(17)10-13)15-7-19-12-20-8-15/h3-4,7-8,12-14H,2,5-6,9-11H2,1H3/t13-,14+/m0/s1. The Balaban J connectivity index is 1.70. The predicted octanol–water partition coefficient (Wildman–Crippen LogP) is 1.46. The van der Waals surface area contributed by atoms with E-state index in [0.29, 0.717) is 37.2 Å². The van der Waals surface area contributed by atoms with Crippen molar-refractivity contribution in [3.05, 3.63) is 46.9 Å². The first kappa shape index (κ1) is 17.4. The van der Waals surface area contributed by atoms with E-state index in [-0.39, 0.29) is 23.1 Å². The largest absolute Gasteiger partial charge is 0.311 e. The second-order valence-electron chi connectivity index (χ2n) is 7.15. The van der Waals surface area contributed by atoms with Crippen molar-refractivity contribution in [1.29, 1.82) is 0 Å². The normalized spacial score (nSPS) is 22.8. The molecule has 4 rings (SSSR count). The molecule has 1 fully saturated rings. The molecule has 2 aliphatic rings. The minimum atomic E-state index is -3.21. The predicted molar refractivity (Wildman–Crippen MR) is 98.2 cm³/mol. The maximum Gasteiger partial charge on any atom is 0.258 e. The molecule has 4 heterocycles. The number of sulfonamides is 1. The van der Waals surface area contributed by atoms with E-state index in [4.69, 9.17) is 0 Å². The summed E-state index contributed by atoms with van der Waals surface area (Å²) in [5, 5.41) is 0. The first-order valence-electron chi connectivity index (χ1n) is 8.96. The molecule has 0 aliphatic carbocycles. The smallest absolute Gasteiger partial charge is 0.258 e. The lowest BCUT2D eigenvalue weighted by Crippen LogP contribution is -2.49.